The first-order chi connectivity index (χ1) is 26.5. The highest BCUT2D eigenvalue weighted by molar-refractivity contribution is 7.31. The maximum absolute atomic E-state index is 14.7. The van der Waals surface area contributed by atoms with Crippen molar-refractivity contribution in [2.45, 2.75) is 168 Å². The number of likely N-dealkylation sites (N-methyl/N-ethyl adjacent to an activating group) is 1. The molecule has 3 aliphatic rings. The Kier molecular flexibility index (Phi) is 17.3. The summed E-state index contributed by atoms with van der Waals surface area (Å²) in [4.78, 5) is 73.7. The maximum atomic E-state index is 14.7. The lowest BCUT2D eigenvalue weighted by molar-refractivity contribution is -0.292. The minimum atomic E-state index is -2.22. The number of nitrogens with two attached hydrogens (primary N) is 1. The van der Waals surface area contributed by atoms with Gasteiger partial charge in [-0.15, -0.1) is 0 Å². The van der Waals surface area contributed by atoms with Gasteiger partial charge in [0, 0.05) is 36.8 Å². The van der Waals surface area contributed by atoms with E-state index in [2.05, 4.69) is 30.8 Å². The topological polar surface area (TPSA) is 195 Å². The van der Waals surface area contributed by atoms with E-state index in [1.807, 2.05) is 27.9 Å². The van der Waals surface area contributed by atoms with Gasteiger partial charge in [0.2, 0.25) is 0 Å². The molecule has 15 nitrogen and oxygen atoms in total. The van der Waals surface area contributed by atoms with Crippen molar-refractivity contribution in [3.8, 4) is 0 Å². The van der Waals surface area contributed by atoms with E-state index < -0.39 is 112 Å². The molecule has 0 aromatic carbocycles. The Hall–Kier alpha value is -2.04. The molecule has 3 heterocycles. The van der Waals surface area contributed by atoms with Gasteiger partial charge >= 0.3 is 11.9 Å². The third-order valence-electron chi connectivity index (χ3n) is 13.3. The summed E-state index contributed by atoms with van der Waals surface area (Å²) in [5.74, 6) is -9.20. The Morgan fingerprint density at radius 1 is 1.00 bits per heavy atom. The number of hydrogen-bond donors (Lipinski definition) is 2. The van der Waals surface area contributed by atoms with Gasteiger partial charge in [0.1, 0.15) is 29.8 Å². The molecule has 328 valence electrons. The minimum absolute atomic E-state index is 0.0578. The minimum Gasteiger partial charge on any atom is -0.458 e. The predicted molar refractivity (Wildman–Crippen MR) is 220 cm³/mol. The summed E-state index contributed by atoms with van der Waals surface area (Å²) in [6, 6.07) is 2.67. The Morgan fingerprint density at radius 2 is 1.60 bits per heavy atom. The van der Waals surface area contributed by atoms with Gasteiger partial charge in [0.25, 0.3) is 0 Å². The number of methoxy groups -OCH3 is 1. The smallest absolute Gasteiger partial charge is 0.317 e. The van der Waals surface area contributed by atoms with Crippen molar-refractivity contribution in [1.82, 2.24) is 4.90 Å². The van der Waals surface area contributed by atoms with Crippen molar-refractivity contribution in [1.29, 1.82) is 0 Å². The number of hydrogen-bond acceptors (Lipinski definition) is 14. The lowest BCUT2D eigenvalue weighted by Crippen LogP contribution is -2.62. The van der Waals surface area contributed by atoms with Crippen LogP contribution in [0.1, 0.15) is 95.9 Å². The molecule has 0 saturated carbocycles. The number of ether oxygens (including phenoxy) is 5. The number of ketones is 2. The summed E-state index contributed by atoms with van der Waals surface area (Å²) < 4.78 is 39.0. The summed E-state index contributed by atoms with van der Waals surface area (Å²) in [5.41, 5.74) is 3.55. The molecule has 3 aliphatic heterocycles. The molecule has 0 spiro atoms. The number of fused-ring (bicyclic) bond motifs is 1. The number of rotatable bonds is 13. The Bertz CT molecular complexity index is 1440. The first-order valence-corrected chi connectivity index (χ1v) is 24.2. The number of amidine groups is 1. The standard InChI is InChI=1S/C40H72N3O12PSi/c1-16-57(17-2,18-3)55-33-28(43(13)14)19-22(5)50-38(33)52-34-24(7)32(45)25(8)36(46)51-26(9)40(12)30(23(6)31(44)21(4)20-39(34,11)49-15)29(37(47)53-40)35(41)42-54-27(10)56-48/h21-30,33-34,38,48,56H,16-20H2,1-15H3,(H2,41,42)/t21-,22-,23-,24+,25-,26+,27?,28+,29-,30+,33-,34-,38?,39-,40+/m1/s1. The second-order valence-electron chi connectivity index (χ2n) is 17.3. The van der Waals surface area contributed by atoms with Crippen LogP contribution in [-0.4, -0.2) is 122 Å². The van der Waals surface area contributed by atoms with Gasteiger partial charge in [-0.3, -0.25) is 19.2 Å². The predicted octanol–water partition coefficient (Wildman–Crippen LogP) is 5.02. The second-order valence-corrected chi connectivity index (χ2v) is 23.1. The number of carbonyl (C=O) groups is 4. The molecule has 57 heavy (non-hydrogen) atoms. The molecule has 3 unspecified atom stereocenters. The first-order valence-electron chi connectivity index (χ1n) is 20.6. The Labute approximate surface area is 343 Å². The van der Waals surface area contributed by atoms with Crippen molar-refractivity contribution in [2.24, 2.45) is 46.4 Å². The SMILES string of the molecule is CC[Si](CC)(CC)O[C@H]1C(O[C@@H]2[C@@H](C)C(=O)[C@@H](C)C(=O)O[C@@H](C)[C@]3(C)OC(=O)[C@@H](/C(N)=N/OC(C)PO)[C@@H]3[C@@H](C)C(=O)[C@H](C)C[C@@]2(C)OC)O[C@H](C)C[C@@H]1N(C)C. The van der Waals surface area contributed by atoms with E-state index >= 15 is 0 Å². The highest BCUT2D eigenvalue weighted by Crippen LogP contribution is 2.47. The molecule has 0 aliphatic carbocycles. The van der Waals surface area contributed by atoms with E-state index in [1.165, 1.54) is 14.0 Å². The summed E-state index contributed by atoms with van der Waals surface area (Å²) in [6.07, 6.45) is -2.90. The van der Waals surface area contributed by atoms with Crippen LogP contribution in [0.2, 0.25) is 18.1 Å². The van der Waals surface area contributed by atoms with Crippen LogP contribution in [0.15, 0.2) is 5.16 Å². The largest absolute Gasteiger partial charge is 0.458 e. The number of Topliss-reactive ketones (excluding diaryl/α,β-unsaturated/α-hetero) is 2. The number of esters is 2. The van der Waals surface area contributed by atoms with Gasteiger partial charge in [0.15, 0.2) is 37.7 Å². The molecule has 0 aromatic heterocycles. The van der Waals surface area contributed by atoms with E-state index in [-0.39, 0.29) is 30.2 Å². The van der Waals surface area contributed by atoms with Gasteiger partial charge in [-0.2, -0.15) is 0 Å². The second kappa shape index (κ2) is 20.0. The highest BCUT2D eigenvalue weighted by Gasteiger charge is 2.62. The first kappa shape index (κ1) is 49.3. The van der Waals surface area contributed by atoms with Gasteiger partial charge in [-0.05, 0) is 86.6 Å². The Balaban J connectivity index is 2.20. The molecule has 3 saturated heterocycles. The van der Waals surface area contributed by atoms with Gasteiger partial charge in [0.05, 0.1) is 26.6 Å². The average molecular weight is 846 g/mol. The van der Waals surface area contributed by atoms with Crippen LogP contribution in [-0.2, 0) is 52.1 Å². The molecular formula is C40H72N3O12PSi. The van der Waals surface area contributed by atoms with Crippen LogP contribution in [0.4, 0.5) is 0 Å². The third kappa shape index (κ3) is 10.5. The fourth-order valence-electron chi connectivity index (χ4n) is 9.18. The van der Waals surface area contributed by atoms with Crippen LogP contribution in [0.25, 0.3) is 0 Å². The monoisotopic (exact) mass is 845 g/mol. The number of oxime groups is 1. The van der Waals surface area contributed by atoms with Crippen LogP contribution in [0, 0.1) is 35.5 Å². The van der Waals surface area contributed by atoms with Crippen LogP contribution < -0.4 is 5.73 Å². The quantitative estimate of drug-likeness (QED) is 0.0477. The zero-order chi connectivity index (χ0) is 43.4. The van der Waals surface area contributed by atoms with Crippen LogP contribution in [0.5, 0.6) is 0 Å². The lowest BCUT2D eigenvalue weighted by atomic mass is 9.67. The zero-order valence-electron chi connectivity index (χ0n) is 37.0. The summed E-state index contributed by atoms with van der Waals surface area (Å²) in [6.45, 7) is 21.7. The van der Waals surface area contributed by atoms with E-state index in [4.69, 9.17) is 38.7 Å². The molecule has 0 bridgehead atoms. The van der Waals surface area contributed by atoms with Crippen molar-refractivity contribution < 1.29 is 57.0 Å². The maximum Gasteiger partial charge on any atom is 0.317 e. The molecule has 3 fully saturated rings. The molecule has 0 aromatic rings. The number of nitrogens with zero attached hydrogens (tertiary/aromatic N) is 2. The summed E-state index contributed by atoms with van der Waals surface area (Å²) >= 11 is 0. The molecule has 0 radical (unpaired) electrons. The zero-order valence-corrected chi connectivity index (χ0v) is 39.0. The molecular weight excluding hydrogens is 774 g/mol. The van der Waals surface area contributed by atoms with Crippen LogP contribution in [0.3, 0.4) is 0 Å². The summed E-state index contributed by atoms with van der Waals surface area (Å²) in [7, 11) is 2.73. The van der Waals surface area contributed by atoms with Crippen molar-refractivity contribution in [3.63, 3.8) is 0 Å². The van der Waals surface area contributed by atoms with E-state index in [0.29, 0.717) is 6.42 Å². The van der Waals surface area contributed by atoms with Crippen molar-refractivity contribution >= 4 is 46.5 Å². The molecule has 3 rings (SSSR count). The molecule has 3 N–H and O–H groups in total. The normalized spacial score (nSPS) is 39.8. The number of carbonyl (C=O) groups excluding carboxylic acids is 4. The fraction of sp³-hybridized carbons (Fsp3) is 0.875. The fourth-order valence-corrected chi connectivity index (χ4v) is 12.1. The van der Waals surface area contributed by atoms with Gasteiger partial charge < -0.3 is 48.5 Å². The molecule has 17 heteroatoms. The summed E-state index contributed by atoms with van der Waals surface area (Å²) in [5, 5.41) is 3.94. The third-order valence-corrected chi connectivity index (χ3v) is 18.4. The van der Waals surface area contributed by atoms with E-state index in [1.54, 1.807) is 41.5 Å². The highest BCUT2D eigenvalue weighted by atomic mass is 31.1. The average Bonchev–Trinajstić information content (AvgIpc) is 3.46. The van der Waals surface area contributed by atoms with Crippen LogP contribution >= 0.6 is 8.81 Å². The van der Waals surface area contributed by atoms with Gasteiger partial charge in [-0.1, -0.05) is 46.7 Å². The number of cyclic esters (lactones) is 1. The molecule has 0 amide bonds. The molecule has 16 atom stereocenters. The van der Waals surface area contributed by atoms with Gasteiger partial charge in [-0.25, -0.2) is 0 Å². The van der Waals surface area contributed by atoms with Crippen molar-refractivity contribution in [3.05, 3.63) is 0 Å². The van der Waals surface area contributed by atoms with E-state index in [9.17, 15) is 24.1 Å². The van der Waals surface area contributed by atoms with Crippen molar-refractivity contribution in [2.75, 3.05) is 21.2 Å². The lowest BCUT2D eigenvalue weighted by Gasteiger charge is -2.50. The Morgan fingerprint density at radius 3 is 2.12 bits per heavy atom. The van der Waals surface area contributed by atoms with E-state index in [0.717, 1.165) is 18.1 Å².